The van der Waals surface area contributed by atoms with Crippen LogP contribution in [0.5, 0.6) is 0 Å². The average Bonchev–Trinajstić information content (AvgIpc) is 3.33. The Morgan fingerprint density at radius 2 is 1.91 bits per heavy atom. The second-order valence-electron chi connectivity index (χ2n) is 9.20. The number of aromatic nitrogens is 2. The Labute approximate surface area is 210 Å². The first-order valence-electron chi connectivity index (χ1n) is 12.1. The van der Waals surface area contributed by atoms with Gasteiger partial charge in [0.05, 0.1) is 12.1 Å². The molecule has 0 spiro atoms. The van der Waals surface area contributed by atoms with Gasteiger partial charge in [0.1, 0.15) is 10.8 Å². The molecule has 0 fully saturated rings. The highest BCUT2D eigenvalue weighted by atomic mass is 32.1. The molecule has 3 aromatic rings. The van der Waals surface area contributed by atoms with Crippen LogP contribution in [-0.4, -0.2) is 52.5 Å². The van der Waals surface area contributed by atoms with E-state index in [0.717, 1.165) is 72.8 Å². The minimum absolute atomic E-state index is 0.0649. The van der Waals surface area contributed by atoms with E-state index in [1.165, 1.54) is 21.8 Å². The number of nitrogens with zero attached hydrogens (tertiary/aromatic N) is 3. The molecule has 1 aliphatic rings. The number of pyridine rings is 1. The van der Waals surface area contributed by atoms with E-state index in [1.807, 2.05) is 11.4 Å². The Morgan fingerprint density at radius 1 is 1.11 bits per heavy atom. The van der Waals surface area contributed by atoms with Crippen LogP contribution in [0.4, 0.5) is 5.82 Å². The molecule has 0 radical (unpaired) electrons. The van der Waals surface area contributed by atoms with Gasteiger partial charge in [-0.25, -0.2) is 9.97 Å². The molecule has 0 saturated heterocycles. The van der Waals surface area contributed by atoms with E-state index in [1.54, 1.807) is 32.3 Å². The largest absolute Gasteiger partial charge is 0.481 e. The fourth-order valence-electron chi connectivity index (χ4n) is 4.39. The summed E-state index contributed by atoms with van der Waals surface area (Å²) < 4.78 is 0. The van der Waals surface area contributed by atoms with E-state index >= 15 is 0 Å². The highest BCUT2D eigenvalue weighted by molar-refractivity contribution is 7.09. The molecule has 0 aliphatic carbocycles. The lowest BCUT2D eigenvalue weighted by atomic mass is 9.94. The van der Waals surface area contributed by atoms with Crippen molar-refractivity contribution in [2.45, 2.75) is 50.9 Å². The molecule has 0 bridgehead atoms. The van der Waals surface area contributed by atoms with Crippen LogP contribution in [0.15, 0.2) is 41.8 Å². The van der Waals surface area contributed by atoms with Gasteiger partial charge in [-0.3, -0.25) is 9.59 Å². The number of rotatable bonds is 10. The lowest BCUT2D eigenvalue weighted by Crippen LogP contribution is -2.22. The highest BCUT2D eigenvalue weighted by Gasteiger charge is 2.22. The number of amides is 1. The molecule has 3 heterocycles. The van der Waals surface area contributed by atoms with Crippen molar-refractivity contribution >= 4 is 29.0 Å². The third-order valence-electron chi connectivity index (χ3n) is 6.26. The monoisotopic (exact) mass is 492 g/mol. The second-order valence-corrected chi connectivity index (χ2v) is 10.1. The zero-order chi connectivity index (χ0) is 24.8. The Balaban J connectivity index is 1.38. The molecule has 1 amide bonds. The van der Waals surface area contributed by atoms with E-state index < -0.39 is 5.97 Å². The van der Waals surface area contributed by atoms with Crippen LogP contribution in [0, 0.1) is 0 Å². The summed E-state index contributed by atoms with van der Waals surface area (Å²) in [5.41, 5.74) is 4.76. The van der Waals surface area contributed by atoms with Gasteiger partial charge in [-0.1, -0.05) is 18.2 Å². The number of carbonyl (C=O) groups is 2. The normalized spacial score (nSPS) is 13.5. The molecule has 0 saturated carbocycles. The van der Waals surface area contributed by atoms with Crippen LogP contribution in [0.25, 0.3) is 0 Å². The number of hydrogen-bond donors (Lipinski definition) is 2. The molecule has 1 aromatic carbocycles. The Hall–Kier alpha value is -3.26. The van der Waals surface area contributed by atoms with Gasteiger partial charge in [0.15, 0.2) is 0 Å². The van der Waals surface area contributed by atoms with Crippen molar-refractivity contribution in [3.8, 4) is 0 Å². The predicted molar refractivity (Wildman–Crippen MR) is 138 cm³/mol. The number of anilines is 1. The van der Waals surface area contributed by atoms with Crippen molar-refractivity contribution in [1.82, 2.24) is 14.9 Å². The summed E-state index contributed by atoms with van der Waals surface area (Å²) in [5.74, 6) is -0.333. The summed E-state index contributed by atoms with van der Waals surface area (Å²) >= 11 is 1.49. The molecule has 1 aliphatic heterocycles. The molecule has 7 nitrogen and oxygen atoms in total. The van der Waals surface area contributed by atoms with Crippen molar-refractivity contribution in [3.63, 3.8) is 0 Å². The summed E-state index contributed by atoms with van der Waals surface area (Å²) in [5, 5.41) is 15.7. The quantitative estimate of drug-likeness (QED) is 0.396. The van der Waals surface area contributed by atoms with Gasteiger partial charge in [0.25, 0.3) is 5.91 Å². The number of thiazole rings is 1. The van der Waals surface area contributed by atoms with Crippen molar-refractivity contribution in [3.05, 3.63) is 74.9 Å². The molecule has 1 atom stereocenters. The average molecular weight is 493 g/mol. The third-order valence-corrected chi connectivity index (χ3v) is 7.26. The second kappa shape index (κ2) is 11.4. The van der Waals surface area contributed by atoms with Crippen molar-refractivity contribution < 1.29 is 14.7 Å². The summed E-state index contributed by atoms with van der Waals surface area (Å²) in [7, 11) is 3.41. The number of aryl methyl sites for hydroxylation is 3. The molecule has 184 valence electrons. The summed E-state index contributed by atoms with van der Waals surface area (Å²) in [6.07, 6.45) is 5.98. The van der Waals surface area contributed by atoms with Gasteiger partial charge in [-0.05, 0) is 67.9 Å². The predicted octanol–water partition coefficient (Wildman–Crippen LogP) is 4.77. The minimum atomic E-state index is -0.886. The van der Waals surface area contributed by atoms with Crippen LogP contribution in [0.1, 0.15) is 69.5 Å². The number of unbranched alkanes of at least 4 members (excludes halogenated alkanes) is 1. The van der Waals surface area contributed by atoms with E-state index in [9.17, 15) is 14.7 Å². The molecule has 35 heavy (non-hydrogen) atoms. The van der Waals surface area contributed by atoms with Crippen LogP contribution < -0.4 is 5.32 Å². The van der Waals surface area contributed by atoms with Crippen LogP contribution in [0.2, 0.25) is 0 Å². The summed E-state index contributed by atoms with van der Waals surface area (Å²) in [6.45, 7) is 0.995. The van der Waals surface area contributed by atoms with Gasteiger partial charge in [0.2, 0.25) is 0 Å². The van der Waals surface area contributed by atoms with E-state index in [-0.39, 0.29) is 18.2 Å². The molecular formula is C27H32N4O3S. The zero-order valence-electron chi connectivity index (χ0n) is 20.3. The van der Waals surface area contributed by atoms with Crippen LogP contribution in [0.3, 0.4) is 0 Å². The number of nitrogens with one attached hydrogen (secondary N) is 1. The smallest absolute Gasteiger partial charge is 0.304 e. The van der Waals surface area contributed by atoms with Gasteiger partial charge >= 0.3 is 5.97 Å². The fraction of sp³-hybridized carbons (Fsp3) is 0.407. The van der Waals surface area contributed by atoms with Crippen LogP contribution >= 0.6 is 11.3 Å². The first-order chi connectivity index (χ1) is 16.9. The standard InChI is InChI=1S/C27H32N4O3S/c1-31(2)27(34)20-8-5-7-19(15-20)23(16-24(32)33)26-30-22(17-35-26)11-4-3-10-21-13-12-18-9-6-14-28-25(18)29-21/h5,7-8,12-13,15,17,23H,3-4,6,9-11,14,16H2,1-2H3,(H,28,29)(H,32,33)/t23-/m0/s1. The number of aliphatic carboxylic acids is 1. The molecule has 2 aromatic heterocycles. The Bertz CT molecular complexity index is 1190. The SMILES string of the molecule is CN(C)C(=O)c1cccc([C@H](CC(=O)O)c2nc(CCCCc3ccc4c(n3)NCCC4)cs2)c1. The van der Waals surface area contributed by atoms with Gasteiger partial charge < -0.3 is 15.3 Å². The lowest BCUT2D eigenvalue weighted by molar-refractivity contribution is -0.137. The van der Waals surface area contributed by atoms with Crippen LogP contribution in [-0.2, 0) is 24.1 Å². The Kier molecular flexibility index (Phi) is 8.13. The fourth-order valence-corrected chi connectivity index (χ4v) is 5.37. The maximum Gasteiger partial charge on any atom is 0.304 e. The van der Waals surface area contributed by atoms with Gasteiger partial charge in [-0.15, -0.1) is 11.3 Å². The molecule has 0 unspecified atom stereocenters. The van der Waals surface area contributed by atoms with Crippen molar-refractivity contribution in [1.29, 1.82) is 0 Å². The van der Waals surface area contributed by atoms with Crippen molar-refractivity contribution in [2.24, 2.45) is 0 Å². The maximum atomic E-state index is 12.4. The number of carboxylic acids is 1. The van der Waals surface area contributed by atoms with E-state index in [0.29, 0.717) is 5.56 Å². The first kappa shape index (κ1) is 24.9. The minimum Gasteiger partial charge on any atom is -0.481 e. The molecule has 8 heteroatoms. The maximum absolute atomic E-state index is 12.4. The summed E-state index contributed by atoms with van der Waals surface area (Å²) in [6, 6.07) is 11.6. The number of hydrogen-bond acceptors (Lipinski definition) is 6. The highest BCUT2D eigenvalue weighted by Crippen LogP contribution is 2.31. The summed E-state index contributed by atoms with van der Waals surface area (Å²) in [4.78, 5) is 35.1. The number of carbonyl (C=O) groups excluding carboxylic acids is 1. The first-order valence-corrected chi connectivity index (χ1v) is 13.0. The lowest BCUT2D eigenvalue weighted by Gasteiger charge is -2.17. The van der Waals surface area contributed by atoms with E-state index in [4.69, 9.17) is 9.97 Å². The third kappa shape index (κ3) is 6.45. The topological polar surface area (TPSA) is 95.4 Å². The van der Waals surface area contributed by atoms with Gasteiger partial charge in [-0.2, -0.15) is 0 Å². The molecule has 4 rings (SSSR count). The van der Waals surface area contributed by atoms with Gasteiger partial charge in [0, 0.05) is 43.2 Å². The van der Waals surface area contributed by atoms with E-state index in [2.05, 4.69) is 17.4 Å². The number of benzene rings is 1. The Morgan fingerprint density at radius 3 is 2.69 bits per heavy atom. The number of fused-ring (bicyclic) bond motifs is 1. The van der Waals surface area contributed by atoms with Crippen molar-refractivity contribution in [2.75, 3.05) is 26.0 Å². The molecule has 2 N–H and O–H groups in total. The zero-order valence-corrected chi connectivity index (χ0v) is 21.1. The molecular weight excluding hydrogens is 460 g/mol. The number of carboxylic acid groups (broad SMARTS) is 1.